The number of nitrogens with zero attached hydrogens (tertiary/aromatic N) is 5. The minimum atomic E-state index is -0.482. The second kappa shape index (κ2) is 7.57. The van der Waals surface area contributed by atoms with Crippen LogP contribution in [0.25, 0.3) is 21.7 Å². The van der Waals surface area contributed by atoms with Gasteiger partial charge in [-0.3, -0.25) is 14.5 Å². The number of primary amides is 1. The Labute approximate surface area is 160 Å². The highest BCUT2D eigenvalue weighted by Crippen LogP contribution is 2.29. The summed E-state index contributed by atoms with van der Waals surface area (Å²) in [5, 5.41) is 14.4. The first-order chi connectivity index (χ1) is 13.7. The number of benzene rings is 1. The minimum Gasteiger partial charge on any atom is -0.368 e. The van der Waals surface area contributed by atoms with Crippen LogP contribution in [0.4, 0.5) is 5.82 Å². The SMILES string of the molecule is NCCc1cn(CCNc2nc3cc(C(N)=O)ccc3c3cnccc23)nn1. The van der Waals surface area contributed by atoms with E-state index < -0.39 is 5.91 Å². The van der Waals surface area contributed by atoms with Crippen LogP contribution in [0.5, 0.6) is 0 Å². The molecule has 0 unspecified atom stereocenters. The predicted molar refractivity (Wildman–Crippen MR) is 107 cm³/mol. The molecule has 3 aromatic heterocycles. The maximum absolute atomic E-state index is 11.5. The number of hydrogen-bond acceptors (Lipinski definition) is 7. The van der Waals surface area contributed by atoms with Gasteiger partial charge >= 0.3 is 0 Å². The molecular weight excluding hydrogens is 356 g/mol. The van der Waals surface area contributed by atoms with Crippen molar-refractivity contribution in [2.24, 2.45) is 11.5 Å². The summed E-state index contributed by atoms with van der Waals surface area (Å²) in [5.74, 6) is 0.234. The first-order valence-corrected chi connectivity index (χ1v) is 8.96. The number of rotatable bonds is 7. The number of aromatic nitrogens is 5. The number of carbonyl (C=O) groups is 1. The highest BCUT2D eigenvalue weighted by atomic mass is 16.1. The van der Waals surface area contributed by atoms with E-state index in [0.29, 0.717) is 43.0 Å². The Morgan fingerprint density at radius 1 is 1.18 bits per heavy atom. The molecule has 28 heavy (non-hydrogen) atoms. The summed E-state index contributed by atoms with van der Waals surface area (Å²) in [5.41, 5.74) is 12.9. The quantitative estimate of drug-likeness (QED) is 0.410. The Balaban J connectivity index is 1.63. The summed E-state index contributed by atoms with van der Waals surface area (Å²) in [6.45, 7) is 1.79. The van der Waals surface area contributed by atoms with Crippen LogP contribution in [0.3, 0.4) is 0 Å². The summed E-state index contributed by atoms with van der Waals surface area (Å²) < 4.78 is 1.77. The second-order valence-corrected chi connectivity index (χ2v) is 6.42. The molecule has 1 amide bonds. The smallest absolute Gasteiger partial charge is 0.248 e. The van der Waals surface area contributed by atoms with Crippen molar-refractivity contribution in [1.29, 1.82) is 0 Å². The first kappa shape index (κ1) is 17.8. The van der Waals surface area contributed by atoms with Gasteiger partial charge in [0.1, 0.15) is 5.82 Å². The topological polar surface area (TPSA) is 138 Å². The van der Waals surface area contributed by atoms with E-state index in [1.165, 1.54) is 0 Å². The largest absolute Gasteiger partial charge is 0.368 e. The van der Waals surface area contributed by atoms with E-state index in [9.17, 15) is 4.79 Å². The molecule has 3 heterocycles. The number of carbonyl (C=O) groups excluding carboxylic acids is 1. The molecule has 0 aliphatic carbocycles. The zero-order chi connectivity index (χ0) is 19.5. The molecule has 0 saturated heterocycles. The van der Waals surface area contributed by atoms with Crippen LogP contribution in [-0.2, 0) is 13.0 Å². The average Bonchev–Trinajstić information content (AvgIpc) is 3.15. The van der Waals surface area contributed by atoms with Crippen LogP contribution >= 0.6 is 0 Å². The summed E-state index contributed by atoms with van der Waals surface area (Å²) in [4.78, 5) is 20.4. The van der Waals surface area contributed by atoms with E-state index in [1.54, 1.807) is 29.2 Å². The van der Waals surface area contributed by atoms with Crippen LogP contribution < -0.4 is 16.8 Å². The third-order valence-electron chi connectivity index (χ3n) is 4.50. The molecule has 0 atom stereocenters. The molecule has 0 spiro atoms. The van der Waals surface area contributed by atoms with Crippen LogP contribution in [0, 0.1) is 0 Å². The Morgan fingerprint density at radius 2 is 2.07 bits per heavy atom. The van der Waals surface area contributed by atoms with Gasteiger partial charge in [0.15, 0.2) is 0 Å². The highest BCUT2D eigenvalue weighted by Gasteiger charge is 2.10. The third-order valence-corrected chi connectivity index (χ3v) is 4.50. The van der Waals surface area contributed by atoms with Gasteiger partial charge in [-0.2, -0.15) is 0 Å². The number of fused-ring (bicyclic) bond motifs is 3. The van der Waals surface area contributed by atoms with E-state index in [2.05, 4.69) is 20.6 Å². The van der Waals surface area contributed by atoms with Crippen LogP contribution in [-0.4, -0.2) is 44.0 Å². The Kier molecular flexibility index (Phi) is 4.81. The van der Waals surface area contributed by atoms with E-state index in [1.807, 2.05) is 18.3 Å². The van der Waals surface area contributed by atoms with Gasteiger partial charge in [-0.25, -0.2) is 4.98 Å². The first-order valence-electron chi connectivity index (χ1n) is 8.96. The molecule has 142 valence electrons. The fraction of sp³-hybridized carbons (Fsp3) is 0.211. The van der Waals surface area contributed by atoms with Gasteiger partial charge in [-0.05, 0) is 24.7 Å². The summed E-state index contributed by atoms with van der Waals surface area (Å²) in [6, 6.07) is 7.17. The molecule has 1 aromatic carbocycles. The normalized spacial score (nSPS) is 11.2. The molecule has 0 aliphatic heterocycles. The van der Waals surface area contributed by atoms with Gasteiger partial charge < -0.3 is 16.8 Å². The lowest BCUT2D eigenvalue weighted by Gasteiger charge is -2.12. The number of nitrogens with one attached hydrogen (secondary N) is 1. The maximum Gasteiger partial charge on any atom is 0.248 e. The van der Waals surface area contributed by atoms with Crippen molar-refractivity contribution in [1.82, 2.24) is 25.0 Å². The Hall–Kier alpha value is -3.59. The van der Waals surface area contributed by atoms with Crippen LogP contribution in [0.2, 0.25) is 0 Å². The second-order valence-electron chi connectivity index (χ2n) is 6.42. The molecule has 5 N–H and O–H groups in total. The molecule has 9 heteroatoms. The molecule has 4 aromatic rings. The minimum absolute atomic E-state index is 0.421. The molecule has 0 bridgehead atoms. The standard InChI is InChI=1S/C19H20N8O/c20-5-3-13-11-27(26-25-13)8-7-23-19-15-4-6-22-10-16(15)14-2-1-12(18(21)28)9-17(14)24-19/h1-2,4,6,9-11H,3,5,7-8,20H2,(H2,21,28)(H,23,24). The number of amides is 1. The van der Waals surface area contributed by atoms with E-state index >= 15 is 0 Å². The van der Waals surface area contributed by atoms with Gasteiger partial charge in [-0.15, -0.1) is 5.10 Å². The van der Waals surface area contributed by atoms with Crippen LogP contribution in [0.1, 0.15) is 16.1 Å². The summed E-state index contributed by atoms with van der Waals surface area (Å²) >= 11 is 0. The van der Waals surface area contributed by atoms with Gasteiger partial charge in [0, 0.05) is 53.3 Å². The molecule has 0 saturated carbocycles. The summed E-state index contributed by atoms with van der Waals surface area (Å²) in [6.07, 6.45) is 6.13. The Morgan fingerprint density at radius 3 is 2.89 bits per heavy atom. The molecule has 0 aliphatic rings. The van der Waals surface area contributed by atoms with Crippen LogP contribution in [0.15, 0.2) is 42.9 Å². The van der Waals surface area contributed by atoms with E-state index in [0.717, 1.165) is 21.9 Å². The molecule has 4 rings (SSSR count). The Bertz CT molecular complexity index is 1150. The number of nitrogens with two attached hydrogens (primary N) is 2. The van der Waals surface area contributed by atoms with Crippen molar-refractivity contribution in [2.75, 3.05) is 18.4 Å². The van der Waals surface area contributed by atoms with Crippen molar-refractivity contribution < 1.29 is 4.79 Å². The molecule has 9 nitrogen and oxygen atoms in total. The lowest BCUT2D eigenvalue weighted by molar-refractivity contribution is 0.100. The maximum atomic E-state index is 11.5. The zero-order valence-corrected chi connectivity index (χ0v) is 15.2. The van der Waals surface area contributed by atoms with E-state index in [-0.39, 0.29) is 0 Å². The van der Waals surface area contributed by atoms with E-state index in [4.69, 9.17) is 16.5 Å². The van der Waals surface area contributed by atoms with Gasteiger partial charge in [0.2, 0.25) is 5.91 Å². The predicted octanol–water partition coefficient (Wildman–Crippen LogP) is 1.09. The van der Waals surface area contributed by atoms with Crippen molar-refractivity contribution in [2.45, 2.75) is 13.0 Å². The lowest BCUT2D eigenvalue weighted by atomic mass is 10.1. The van der Waals surface area contributed by atoms with Gasteiger partial charge in [0.25, 0.3) is 0 Å². The highest BCUT2D eigenvalue weighted by molar-refractivity contribution is 6.11. The monoisotopic (exact) mass is 376 g/mol. The molecular formula is C19H20N8O. The number of pyridine rings is 2. The van der Waals surface area contributed by atoms with Gasteiger partial charge in [-0.1, -0.05) is 11.3 Å². The van der Waals surface area contributed by atoms with Crippen molar-refractivity contribution in [3.8, 4) is 0 Å². The van der Waals surface area contributed by atoms with Crippen molar-refractivity contribution in [3.63, 3.8) is 0 Å². The number of hydrogen-bond donors (Lipinski definition) is 3. The van der Waals surface area contributed by atoms with Crippen molar-refractivity contribution in [3.05, 3.63) is 54.1 Å². The zero-order valence-electron chi connectivity index (χ0n) is 15.2. The fourth-order valence-electron chi connectivity index (χ4n) is 3.14. The molecule has 0 fully saturated rings. The van der Waals surface area contributed by atoms with Crippen molar-refractivity contribution >= 4 is 33.4 Å². The van der Waals surface area contributed by atoms with Gasteiger partial charge in [0.05, 0.1) is 17.8 Å². The third kappa shape index (κ3) is 3.47. The number of anilines is 1. The fourth-order valence-corrected chi connectivity index (χ4v) is 3.14. The molecule has 0 radical (unpaired) electrons. The lowest BCUT2D eigenvalue weighted by Crippen LogP contribution is -2.13. The summed E-state index contributed by atoms with van der Waals surface area (Å²) in [7, 11) is 0. The average molecular weight is 376 g/mol.